The molecule has 3 rings (SSSR count). The van der Waals surface area contributed by atoms with Crippen LogP contribution in [0.3, 0.4) is 0 Å². The molecule has 1 spiro atoms. The maximum atomic E-state index is 11.4. The number of hydrogen-bond donors (Lipinski definition) is 4. The van der Waals surface area contributed by atoms with Gasteiger partial charge in [-0.1, -0.05) is 12.1 Å². The van der Waals surface area contributed by atoms with Crippen molar-refractivity contribution in [3.05, 3.63) is 35.4 Å². The molecule has 2 unspecified atom stereocenters. The lowest BCUT2D eigenvalue weighted by atomic mass is 9.90. The molecule has 0 amide bonds. The molecular formula is C18H24O7. The van der Waals surface area contributed by atoms with E-state index in [0.29, 0.717) is 24.8 Å². The van der Waals surface area contributed by atoms with Crippen LogP contribution < -0.4 is 0 Å². The van der Waals surface area contributed by atoms with Crippen LogP contribution in [0.2, 0.25) is 0 Å². The molecule has 4 N–H and O–H groups in total. The van der Waals surface area contributed by atoms with Crippen molar-refractivity contribution in [2.75, 3.05) is 7.11 Å². The van der Waals surface area contributed by atoms with E-state index in [9.17, 15) is 25.2 Å². The first kappa shape index (κ1) is 18.3. The number of aryl methyl sites for hydroxylation is 1. The minimum Gasteiger partial charge on any atom is -0.465 e. The van der Waals surface area contributed by atoms with Crippen molar-refractivity contribution in [2.24, 2.45) is 0 Å². The fraction of sp³-hybridized carbons (Fsp3) is 0.611. The summed E-state index contributed by atoms with van der Waals surface area (Å²) in [6.45, 7) is 0. The van der Waals surface area contributed by atoms with Crippen molar-refractivity contribution in [2.45, 2.75) is 61.8 Å². The normalized spacial score (nSPS) is 37.1. The van der Waals surface area contributed by atoms with Crippen LogP contribution >= 0.6 is 0 Å². The second-order valence-electron chi connectivity index (χ2n) is 6.84. The molecule has 1 heterocycles. The quantitative estimate of drug-likeness (QED) is 0.541. The highest BCUT2D eigenvalue weighted by Gasteiger charge is 2.66. The van der Waals surface area contributed by atoms with Gasteiger partial charge in [0.2, 0.25) is 0 Å². The van der Waals surface area contributed by atoms with Crippen LogP contribution in [0.1, 0.15) is 35.2 Å². The summed E-state index contributed by atoms with van der Waals surface area (Å²) in [6.07, 6.45) is -3.08. The monoisotopic (exact) mass is 352 g/mol. The van der Waals surface area contributed by atoms with Crippen LogP contribution in [-0.2, 0) is 15.9 Å². The molecule has 1 saturated carbocycles. The predicted octanol–water partition coefficient (Wildman–Crippen LogP) is -0.219. The number of benzene rings is 1. The van der Waals surface area contributed by atoms with Gasteiger partial charge in [0, 0.05) is 6.42 Å². The maximum absolute atomic E-state index is 11.4. The zero-order chi connectivity index (χ0) is 18.2. The summed E-state index contributed by atoms with van der Waals surface area (Å²) in [5.41, 5.74) is 0.379. The Morgan fingerprint density at radius 2 is 1.84 bits per heavy atom. The van der Waals surface area contributed by atoms with Gasteiger partial charge in [0.15, 0.2) is 0 Å². The first-order valence-electron chi connectivity index (χ1n) is 8.46. The van der Waals surface area contributed by atoms with E-state index in [0.717, 1.165) is 5.56 Å². The van der Waals surface area contributed by atoms with Gasteiger partial charge in [-0.3, -0.25) is 0 Å². The first-order valence-corrected chi connectivity index (χ1v) is 8.46. The number of carbonyl (C=O) groups excluding carboxylic acids is 1. The molecule has 1 saturated heterocycles. The Bertz CT molecular complexity index is 616. The van der Waals surface area contributed by atoms with Gasteiger partial charge >= 0.3 is 5.97 Å². The number of hydrogen-bond acceptors (Lipinski definition) is 7. The van der Waals surface area contributed by atoms with Crippen LogP contribution in [0.25, 0.3) is 0 Å². The van der Waals surface area contributed by atoms with Gasteiger partial charge in [-0.15, -0.1) is 0 Å². The van der Waals surface area contributed by atoms with E-state index in [1.165, 1.54) is 7.11 Å². The van der Waals surface area contributed by atoms with Crippen molar-refractivity contribution in [1.82, 2.24) is 0 Å². The van der Waals surface area contributed by atoms with Crippen LogP contribution in [-0.4, -0.2) is 69.6 Å². The summed E-state index contributed by atoms with van der Waals surface area (Å²) in [5.74, 6) is -0.383. The highest BCUT2D eigenvalue weighted by Crippen LogP contribution is 2.49. The third-order valence-corrected chi connectivity index (χ3v) is 5.17. The van der Waals surface area contributed by atoms with Crippen LogP contribution in [0.4, 0.5) is 0 Å². The molecule has 0 aromatic heterocycles. The smallest absolute Gasteiger partial charge is 0.337 e. The summed E-state index contributed by atoms with van der Waals surface area (Å²) in [7, 11) is 1.33. The average Bonchev–Trinajstić information content (AvgIpc) is 3.27. The molecule has 1 aromatic rings. The molecule has 0 radical (unpaired) electrons. The molecule has 2 fully saturated rings. The minimum atomic E-state index is -1.32. The SMILES string of the molecule is COC(=O)c1ccc(CCC[C@H]2OC3(CC3O)[C@@H](O)[C@H](O)[C@@H]2O)cc1. The van der Waals surface area contributed by atoms with Crippen molar-refractivity contribution < 1.29 is 34.7 Å². The van der Waals surface area contributed by atoms with E-state index in [2.05, 4.69) is 4.74 Å². The van der Waals surface area contributed by atoms with E-state index in [1.807, 2.05) is 12.1 Å². The second-order valence-corrected chi connectivity index (χ2v) is 6.84. The topological polar surface area (TPSA) is 116 Å². The van der Waals surface area contributed by atoms with Gasteiger partial charge in [-0.25, -0.2) is 4.79 Å². The van der Waals surface area contributed by atoms with E-state index >= 15 is 0 Å². The number of esters is 1. The highest BCUT2D eigenvalue weighted by atomic mass is 16.6. The first-order chi connectivity index (χ1) is 11.9. The maximum Gasteiger partial charge on any atom is 0.337 e. The molecule has 2 aliphatic rings. The Labute approximate surface area is 145 Å². The van der Waals surface area contributed by atoms with Gasteiger partial charge in [0.05, 0.1) is 24.9 Å². The Hall–Kier alpha value is -1.51. The summed E-state index contributed by atoms with van der Waals surface area (Å²) >= 11 is 0. The molecule has 1 aromatic carbocycles. The van der Waals surface area contributed by atoms with Crippen molar-refractivity contribution in [3.63, 3.8) is 0 Å². The van der Waals surface area contributed by atoms with Crippen LogP contribution in [0.15, 0.2) is 24.3 Å². The fourth-order valence-electron chi connectivity index (χ4n) is 3.47. The van der Waals surface area contributed by atoms with Crippen LogP contribution in [0, 0.1) is 0 Å². The number of ether oxygens (including phenoxy) is 2. The number of rotatable bonds is 5. The Balaban J connectivity index is 1.54. The average molecular weight is 352 g/mol. The molecular weight excluding hydrogens is 328 g/mol. The molecule has 7 nitrogen and oxygen atoms in total. The fourth-order valence-corrected chi connectivity index (χ4v) is 3.47. The van der Waals surface area contributed by atoms with E-state index in [1.54, 1.807) is 12.1 Å². The highest BCUT2D eigenvalue weighted by molar-refractivity contribution is 5.89. The van der Waals surface area contributed by atoms with E-state index in [4.69, 9.17) is 4.74 Å². The van der Waals surface area contributed by atoms with Crippen LogP contribution in [0.5, 0.6) is 0 Å². The lowest BCUT2D eigenvalue weighted by Crippen LogP contribution is -2.60. The van der Waals surface area contributed by atoms with E-state index < -0.39 is 36.1 Å². The van der Waals surface area contributed by atoms with Gasteiger partial charge in [0.1, 0.15) is 23.9 Å². The molecule has 7 heteroatoms. The largest absolute Gasteiger partial charge is 0.465 e. The molecule has 6 atom stereocenters. The van der Waals surface area contributed by atoms with Gasteiger partial charge in [-0.05, 0) is 37.0 Å². The summed E-state index contributed by atoms with van der Waals surface area (Å²) < 4.78 is 10.4. The molecule has 0 bridgehead atoms. The predicted molar refractivity (Wildman–Crippen MR) is 87.0 cm³/mol. The van der Waals surface area contributed by atoms with Crippen molar-refractivity contribution in [1.29, 1.82) is 0 Å². The molecule has 138 valence electrons. The number of methoxy groups -OCH3 is 1. The third-order valence-electron chi connectivity index (χ3n) is 5.17. The Kier molecular flexibility index (Phi) is 5.13. The zero-order valence-corrected chi connectivity index (χ0v) is 14.0. The van der Waals surface area contributed by atoms with Gasteiger partial charge in [0.25, 0.3) is 0 Å². The van der Waals surface area contributed by atoms with Gasteiger partial charge < -0.3 is 29.9 Å². The minimum absolute atomic E-state index is 0.267. The summed E-state index contributed by atoms with van der Waals surface area (Å²) in [5, 5.41) is 39.8. The summed E-state index contributed by atoms with van der Waals surface area (Å²) in [4.78, 5) is 11.4. The third kappa shape index (κ3) is 3.43. The van der Waals surface area contributed by atoms with E-state index in [-0.39, 0.29) is 12.4 Å². The van der Waals surface area contributed by atoms with Crippen molar-refractivity contribution >= 4 is 5.97 Å². The lowest BCUT2D eigenvalue weighted by Gasteiger charge is -2.41. The zero-order valence-electron chi connectivity index (χ0n) is 14.0. The Morgan fingerprint density at radius 3 is 2.40 bits per heavy atom. The number of aliphatic hydroxyl groups excluding tert-OH is 4. The number of aliphatic hydroxyl groups is 4. The van der Waals surface area contributed by atoms with Gasteiger partial charge in [-0.2, -0.15) is 0 Å². The standard InChI is InChI=1S/C18H24O7/c1-24-17(23)11-7-5-10(6-8-11)3-2-4-12-14(20)15(21)16(22)18(25-12)9-13(18)19/h5-8,12-16,19-22H,2-4,9H2,1H3/t12-,13?,14-,15-,16+,18?/m1/s1. The lowest BCUT2D eigenvalue weighted by molar-refractivity contribution is -0.242. The molecule has 1 aliphatic heterocycles. The van der Waals surface area contributed by atoms with Crippen molar-refractivity contribution in [3.8, 4) is 0 Å². The Morgan fingerprint density at radius 1 is 1.20 bits per heavy atom. The molecule has 25 heavy (non-hydrogen) atoms. The summed E-state index contributed by atoms with van der Waals surface area (Å²) in [6, 6.07) is 7.08. The second kappa shape index (κ2) is 7.01. The molecule has 1 aliphatic carbocycles. The number of carbonyl (C=O) groups is 1.